The Labute approximate surface area is 106 Å². The third kappa shape index (κ3) is 4.73. The summed E-state index contributed by atoms with van der Waals surface area (Å²) in [6.07, 6.45) is 1.00. The van der Waals surface area contributed by atoms with Crippen LogP contribution in [-0.4, -0.2) is 36.5 Å². The Balaban J connectivity index is 2.44. The molecule has 2 amide bonds. The molecule has 0 aromatic carbocycles. The third-order valence-corrected chi connectivity index (χ3v) is 2.57. The zero-order valence-electron chi connectivity index (χ0n) is 11.0. The molecule has 0 bridgehead atoms. The maximum Gasteiger partial charge on any atom is 0.408 e. The lowest BCUT2D eigenvalue weighted by Gasteiger charge is -2.22. The summed E-state index contributed by atoms with van der Waals surface area (Å²) in [4.78, 5) is 33.8. The van der Waals surface area contributed by atoms with E-state index in [1.54, 1.807) is 20.8 Å². The first-order valence-electron chi connectivity index (χ1n) is 6.04. The molecule has 0 saturated carbocycles. The molecular weight excluding hydrogens is 236 g/mol. The maximum atomic E-state index is 11.5. The predicted octanol–water partition coefficient (Wildman–Crippen LogP) is 0.605. The van der Waals surface area contributed by atoms with Gasteiger partial charge >= 0.3 is 6.09 Å². The van der Waals surface area contributed by atoms with E-state index in [1.807, 2.05) is 0 Å². The van der Waals surface area contributed by atoms with Gasteiger partial charge in [0, 0.05) is 12.5 Å². The van der Waals surface area contributed by atoms with Gasteiger partial charge in [0.2, 0.25) is 5.91 Å². The molecule has 2 N–H and O–H groups in total. The molecule has 2 atom stereocenters. The minimum absolute atomic E-state index is 0.0622. The van der Waals surface area contributed by atoms with Gasteiger partial charge in [0.1, 0.15) is 11.9 Å². The normalized spacial score (nSPS) is 21.1. The van der Waals surface area contributed by atoms with Crippen molar-refractivity contribution in [3.05, 3.63) is 0 Å². The van der Waals surface area contributed by atoms with E-state index in [2.05, 4.69) is 10.6 Å². The Morgan fingerprint density at radius 3 is 2.72 bits per heavy atom. The van der Waals surface area contributed by atoms with Crippen LogP contribution in [0.5, 0.6) is 0 Å². The number of hydrogen-bond acceptors (Lipinski definition) is 4. The molecule has 0 spiro atoms. The molecule has 18 heavy (non-hydrogen) atoms. The van der Waals surface area contributed by atoms with Crippen molar-refractivity contribution in [1.29, 1.82) is 0 Å². The lowest BCUT2D eigenvalue weighted by atomic mass is 9.99. The van der Waals surface area contributed by atoms with Gasteiger partial charge < -0.3 is 20.2 Å². The predicted molar refractivity (Wildman–Crippen MR) is 65.0 cm³/mol. The first kappa shape index (κ1) is 14.5. The zero-order valence-corrected chi connectivity index (χ0v) is 11.0. The highest BCUT2D eigenvalue weighted by atomic mass is 16.6. The molecule has 1 aliphatic rings. The Bertz CT molecular complexity index is 335. The van der Waals surface area contributed by atoms with E-state index in [4.69, 9.17) is 4.74 Å². The van der Waals surface area contributed by atoms with E-state index in [9.17, 15) is 14.4 Å². The number of hydrogen-bond donors (Lipinski definition) is 2. The highest BCUT2D eigenvalue weighted by molar-refractivity contribution is 5.81. The molecule has 0 aromatic heterocycles. The number of carbonyl (C=O) groups is 3. The summed E-state index contributed by atoms with van der Waals surface area (Å²) < 4.78 is 5.05. The second-order valence-electron chi connectivity index (χ2n) is 5.40. The van der Waals surface area contributed by atoms with Crippen LogP contribution in [0.2, 0.25) is 0 Å². The van der Waals surface area contributed by atoms with Crippen molar-refractivity contribution in [3.63, 3.8) is 0 Å². The monoisotopic (exact) mass is 256 g/mol. The van der Waals surface area contributed by atoms with Gasteiger partial charge in [-0.25, -0.2) is 4.79 Å². The lowest BCUT2D eigenvalue weighted by molar-refractivity contribution is -0.122. The molecule has 0 aromatic rings. The number of amides is 2. The molecule has 6 heteroatoms. The van der Waals surface area contributed by atoms with Crippen LogP contribution in [0.3, 0.4) is 0 Å². The summed E-state index contributed by atoms with van der Waals surface area (Å²) in [5.41, 5.74) is -0.609. The van der Waals surface area contributed by atoms with Crippen LogP contribution in [0.1, 0.15) is 33.6 Å². The second-order valence-corrected chi connectivity index (χ2v) is 5.40. The first-order chi connectivity index (χ1) is 8.31. The van der Waals surface area contributed by atoms with Gasteiger partial charge in [0.15, 0.2) is 0 Å². The minimum Gasteiger partial charge on any atom is -0.444 e. The second kappa shape index (κ2) is 5.84. The van der Waals surface area contributed by atoms with Crippen molar-refractivity contribution in [2.24, 2.45) is 5.92 Å². The quantitative estimate of drug-likeness (QED) is 0.722. The molecule has 1 rings (SSSR count). The van der Waals surface area contributed by atoms with Crippen LogP contribution < -0.4 is 10.6 Å². The van der Waals surface area contributed by atoms with Crippen LogP contribution in [0.25, 0.3) is 0 Å². The summed E-state index contributed by atoms with van der Waals surface area (Å²) in [7, 11) is 0. The molecule has 0 radical (unpaired) electrons. The Morgan fingerprint density at radius 1 is 1.61 bits per heavy atom. The summed E-state index contributed by atoms with van der Waals surface area (Å²) in [5, 5.41) is 5.15. The van der Waals surface area contributed by atoms with Crippen LogP contribution in [-0.2, 0) is 14.3 Å². The van der Waals surface area contributed by atoms with Crippen molar-refractivity contribution in [2.75, 3.05) is 6.54 Å². The topological polar surface area (TPSA) is 84.5 Å². The SMILES string of the molecule is CC(C)(C)OC(=O)N[C@H](C=O)C[C@@H]1CCNC1=O. The van der Waals surface area contributed by atoms with Crippen molar-refractivity contribution in [1.82, 2.24) is 10.6 Å². The van der Waals surface area contributed by atoms with Crippen LogP contribution in [0.15, 0.2) is 0 Å². The standard InChI is InChI=1S/C12H20N2O4/c1-12(2,3)18-11(17)14-9(7-15)6-8-4-5-13-10(8)16/h7-9H,4-6H2,1-3H3,(H,13,16)(H,14,17)/t8-,9-/m0/s1. The van der Waals surface area contributed by atoms with Crippen molar-refractivity contribution >= 4 is 18.3 Å². The number of nitrogens with one attached hydrogen (secondary N) is 2. The largest absolute Gasteiger partial charge is 0.444 e. The molecule has 102 valence electrons. The summed E-state index contributed by atoms with van der Waals surface area (Å²) in [6, 6.07) is -0.686. The summed E-state index contributed by atoms with van der Waals surface area (Å²) in [5.74, 6) is -0.275. The minimum atomic E-state index is -0.686. The number of rotatable bonds is 4. The van der Waals surface area contributed by atoms with E-state index < -0.39 is 17.7 Å². The third-order valence-electron chi connectivity index (χ3n) is 2.57. The molecule has 1 fully saturated rings. The molecule has 1 heterocycles. The molecule has 0 unspecified atom stereocenters. The highest BCUT2D eigenvalue weighted by Crippen LogP contribution is 2.16. The number of carbonyl (C=O) groups excluding carboxylic acids is 3. The Morgan fingerprint density at radius 2 is 2.28 bits per heavy atom. The molecule has 6 nitrogen and oxygen atoms in total. The van der Waals surface area contributed by atoms with E-state index in [-0.39, 0.29) is 11.8 Å². The average Bonchev–Trinajstić information content (AvgIpc) is 2.60. The fourth-order valence-electron chi connectivity index (χ4n) is 1.78. The molecule has 1 saturated heterocycles. The maximum absolute atomic E-state index is 11.5. The fraction of sp³-hybridized carbons (Fsp3) is 0.750. The van der Waals surface area contributed by atoms with Gasteiger partial charge in [0.25, 0.3) is 0 Å². The zero-order chi connectivity index (χ0) is 13.8. The van der Waals surface area contributed by atoms with Gasteiger partial charge in [-0.15, -0.1) is 0 Å². The Hall–Kier alpha value is -1.59. The van der Waals surface area contributed by atoms with Gasteiger partial charge in [-0.2, -0.15) is 0 Å². The summed E-state index contributed by atoms with van der Waals surface area (Å²) in [6.45, 7) is 5.86. The molecular formula is C12H20N2O4. The molecule has 0 aliphatic carbocycles. The van der Waals surface area contributed by atoms with Gasteiger partial charge in [-0.1, -0.05) is 0 Å². The van der Waals surface area contributed by atoms with Gasteiger partial charge in [-0.3, -0.25) is 4.79 Å². The molecule has 1 aliphatic heterocycles. The number of alkyl carbamates (subject to hydrolysis) is 1. The smallest absolute Gasteiger partial charge is 0.408 e. The van der Waals surface area contributed by atoms with Crippen LogP contribution >= 0.6 is 0 Å². The fourth-order valence-corrected chi connectivity index (χ4v) is 1.78. The van der Waals surface area contributed by atoms with Crippen LogP contribution in [0, 0.1) is 5.92 Å². The lowest BCUT2D eigenvalue weighted by Crippen LogP contribution is -2.41. The van der Waals surface area contributed by atoms with Crippen LogP contribution in [0.4, 0.5) is 4.79 Å². The van der Waals surface area contributed by atoms with Crippen molar-refractivity contribution < 1.29 is 19.1 Å². The highest BCUT2D eigenvalue weighted by Gasteiger charge is 2.28. The van der Waals surface area contributed by atoms with Crippen molar-refractivity contribution in [2.45, 2.75) is 45.3 Å². The number of aldehydes is 1. The van der Waals surface area contributed by atoms with Crippen molar-refractivity contribution in [3.8, 4) is 0 Å². The number of ether oxygens (including phenoxy) is 1. The van der Waals surface area contributed by atoms with E-state index in [0.29, 0.717) is 25.7 Å². The van der Waals surface area contributed by atoms with E-state index in [0.717, 1.165) is 0 Å². The Kier molecular flexibility index (Phi) is 4.69. The average molecular weight is 256 g/mol. The van der Waals surface area contributed by atoms with E-state index >= 15 is 0 Å². The summed E-state index contributed by atoms with van der Waals surface area (Å²) >= 11 is 0. The van der Waals surface area contributed by atoms with Gasteiger partial charge in [-0.05, 0) is 33.6 Å². The first-order valence-corrected chi connectivity index (χ1v) is 6.04. The van der Waals surface area contributed by atoms with E-state index in [1.165, 1.54) is 0 Å². The van der Waals surface area contributed by atoms with Gasteiger partial charge in [0.05, 0.1) is 6.04 Å².